The number of thioether (sulfide) groups is 1. The van der Waals surface area contributed by atoms with Crippen molar-refractivity contribution in [3.8, 4) is 0 Å². The van der Waals surface area contributed by atoms with E-state index in [9.17, 15) is 0 Å². The summed E-state index contributed by atoms with van der Waals surface area (Å²) in [4.78, 5) is 4.81. The third kappa shape index (κ3) is 10.9. The minimum atomic E-state index is -2.59. The van der Waals surface area contributed by atoms with Crippen molar-refractivity contribution >= 4 is 56.6 Å². The van der Waals surface area contributed by atoms with Gasteiger partial charge in [0.15, 0.2) is 4.34 Å². The van der Waals surface area contributed by atoms with Gasteiger partial charge in [0.1, 0.15) is 0 Å². The molecule has 0 radical (unpaired) electrons. The first-order chi connectivity index (χ1) is 18.0. The number of rotatable bonds is 22. The molecule has 0 aliphatic heterocycles. The minimum Gasteiger partial charge on any atom is -0.385 e. The molecule has 2 aromatic rings. The molecule has 0 amide bonds. The Bertz CT molecular complexity index is 826. The standard InChI is InChI=1S/C25H46N2O6S2Si2/c1-7-28-36(29-8-2,30-9-3)19-13-17-26-22-15-16-23-24(21-22)35-25(27-23)34-18-14-20-37(31-10-4,32-11-5)33-12-6/h15-16,21,26H,7-14,17-20H2,1-6H3. The van der Waals surface area contributed by atoms with Crippen molar-refractivity contribution in [3.63, 3.8) is 0 Å². The minimum absolute atomic E-state index is 0.608. The lowest BCUT2D eigenvalue weighted by molar-refractivity contribution is 0.0703. The van der Waals surface area contributed by atoms with Gasteiger partial charge in [-0.2, -0.15) is 0 Å². The predicted octanol–water partition coefficient (Wildman–Crippen LogP) is 6.68. The average Bonchev–Trinajstić information content (AvgIpc) is 3.28. The van der Waals surface area contributed by atoms with Crippen molar-refractivity contribution in [1.82, 2.24) is 4.98 Å². The van der Waals surface area contributed by atoms with Crippen LogP contribution in [0, 0.1) is 0 Å². The zero-order chi connectivity index (χ0) is 27.0. The zero-order valence-electron chi connectivity index (χ0n) is 23.4. The van der Waals surface area contributed by atoms with Crippen LogP contribution in [0.25, 0.3) is 10.2 Å². The van der Waals surface area contributed by atoms with Gasteiger partial charge >= 0.3 is 17.6 Å². The van der Waals surface area contributed by atoms with Crippen molar-refractivity contribution < 1.29 is 26.6 Å². The van der Waals surface area contributed by atoms with Gasteiger partial charge < -0.3 is 31.9 Å². The van der Waals surface area contributed by atoms with E-state index in [2.05, 4.69) is 23.5 Å². The van der Waals surface area contributed by atoms with E-state index in [4.69, 9.17) is 31.5 Å². The fourth-order valence-corrected chi connectivity index (χ4v) is 11.7. The van der Waals surface area contributed by atoms with E-state index in [0.717, 1.165) is 52.8 Å². The average molecular weight is 591 g/mol. The van der Waals surface area contributed by atoms with Gasteiger partial charge in [0.2, 0.25) is 0 Å². The van der Waals surface area contributed by atoms with Gasteiger partial charge in [0.05, 0.1) is 10.2 Å². The second kappa shape index (κ2) is 17.9. The van der Waals surface area contributed by atoms with E-state index < -0.39 is 17.6 Å². The molecule has 0 aliphatic rings. The highest BCUT2D eigenvalue weighted by molar-refractivity contribution is 8.01. The Hall–Kier alpha value is -0.546. The molecule has 1 heterocycles. The smallest absolute Gasteiger partial charge is 0.385 e. The SMILES string of the molecule is CCO[Si](CCCNc1ccc2nc(SCCC[Si](OCC)(OCC)OCC)sc2c1)(OCC)OCC. The molecule has 0 bridgehead atoms. The number of nitrogens with zero attached hydrogens (tertiary/aromatic N) is 1. The Kier molecular flexibility index (Phi) is 15.8. The number of fused-ring (bicyclic) bond motifs is 1. The summed E-state index contributed by atoms with van der Waals surface area (Å²) < 4.78 is 38.0. The Morgan fingerprint density at radius 1 is 0.757 bits per heavy atom. The fourth-order valence-electron chi connectivity index (χ4n) is 4.06. The lowest BCUT2D eigenvalue weighted by Crippen LogP contribution is -2.46. The zero-order valence-corrected chi connectivity index (χ0v) is 27.1. The van der Waals surface area contributed by atoms with Gasteiger partial charge in [-0.3, -0.25) is 0 Å². The number of benzene rings is 1. The molecule has 0 fully saturated rings. The molecule has 0 saturated carbocycles. The van der Waals surface area contributed by atoms with Crippen molar-refractivity contribution in [3.05, 3.63) is 18.2 Å². The van der Waals surface area contributed by atoms with Crippen LogP contribution in [0.5, 0.6) is 0 Å². The van der Waals surface area contributed by atoms with Crippen LogP contribution in [0.3, 0.4) is 0 Å². The normalized spacial score (nSPS) is 12.5. The topological polar surface area (TPSA) is 80.3 Å². The number of anilines is 1. The van der Waals surface area contributed by atoms with Crippen LogP contribution in [-0.2, 0) is 26.6 Å². The van der Waals surface area contributed by atoms with Crippen LogP contribution >= 0.6 is 23.1 Å². The van der Waals surface area contributed by atoms with E-state index in [0.29, 0.717) is 39.6 Å². The van der Waals surface area contributed by atoms with E-state index in [1.807, 2.05) is 41.5 Å². The van der Waals surface area contributed by atoms with E-state index in [1.54, 1.807) is 23.1 Å². The van der Waals surface area contributed by atoms with Crippen LogP contribution in [0.2, 0.25) is 12.1 Å². The summed E-state index contributed by atoms with van der Waals surface area (Å²) in [5.41, 5.74) is 2.14. The number of thiazole rings is 1. The molecular weight excluding hydrogens is 545 g/mol. The highest BCUT2D eigenvalue weighted by Crippen LogP contribution is 2.32. The summed E-state index contributed by atoms with van der Waals surface area (Å²) in [7, 11) is -5.16. The molecule has 1 aromatic heterocycles. The molecule has 0 unspecified atom stereocenters. The summed E-state index contributed by atoms with van der Waals surface area (Å²) in [6.45, 7) is 16.5. The fraction of sp³-hybridized carbons (Fsp3) is 0.720. The van der Waals surface area contributed by atoms with Crippen molar-refractivity contribution in [2.45, 2.75) is 70.8 Å². The van der Waals surface area contributed by atoms with E-state index >= 15 is 0 Å². The summed E-state index contributed by atoms with van der Waals surface area (Å²) in [6.07, 6.45) is 1.89. The summed E-state index contributed by atoms with van der Waals surface area (Å²) in [6, 6.07) is 8.01. The maximum absolute atomic E-state index is 5.97. The Balaban J connectivity index is 1.87. The van der Waals surface area contributed by atoms with E-state index in [1.165, 1.54) is 4.70 Å². The third-order valence-electron chi connectivity index (χ3n) is 5.40. The second-order valence-corrected chi connectivity index (χ2v) is 15.9. The summed E-state index contributed by atoms with van der Waals surface area (Å²) in [5.74, 6) is 0.956. The van der Waals surface area contributed by atoms with Crippen LogP contribution < -0.4 is 5.32 Å². The highest BCUT2D eigenvalue weighted by Gasteiger charge is 2.40. The quantitative estimate of drug-likeness (QED) is 0.0918. The van der Waals surface area contributed by atoms with Gasteiger partial charge in [-0.25, -0.2) is 4.98 Å². The van der Waals surface area contributed by atoms with Gasteiger partial charge in [-0.15, -0.1) is 11.3 Å². The van der Waals surface area contributed by atoms with Gasteiger partial charge in [0, 0.05) is 69.7 Å². The Morgan fingerprint density at radius 3 is 1.78 bits per heavy atom. The monoisotopic (exact) mass is 590 g/mol. The lowest BCUT2D eigenvalue weighted by Gasteiger charge is -2.28. The summed E-state index contributed by atoms with van der Waals surface area (Å²) in [5, 5.41) is 3.54. The molecule has 1 aromatic carbocycles. The summed E-state index contributed by atoms with van der Waals surface area (Å²) >= 11 is 3.53. The number of nitrogens with one attached hydrogen (secondary N) is 1. The predicted molar refractivity (Wildman–Crippen MR) is 159 cm³/mol. The first kappa shape index (κ1) is 32.7. The van der Waals surface area contributed by atoms with Crippen molar-refractivity contribution in [1.29, 1.82) is 0 Å². The third-order valence-corrected chi connectivity index (χ3v) is 13.9. The Labute approximate surface area is 233 Å². The molecule has 0 spiro atoms. The van der Waals surface area contributed by atoms with Gasteiger partial charge in [-0.1, -0.05) is 11.8 Å². The number of hydrogen-bond acceptors (Lipinski definition) is 10. The largest absolute Gasteiger partial charge is 0.500 e. The highest BCUT2D eigenvalue weighted by atomic mass is 32.2. The maximum atomic E-state index is 5.97. The van der Waals surface area contributed by atoms with Crippen molar-refractivity contribution in [2.24, 2.45) is 0 Å². The van der Waals surface area contributed by atoms with Crippen LogP contribution in [0.15, 0.2) is 22.5 Å². The van der Waals surface area contributed by atoms with Crippen molar-refractivity contribution in [2.75, 3.05) is 57.3 Å². The molecular formula is C25H46N2O6S2Si2. The van der Waals surface area contributed by atoms with Crippen LogP contribution in [0.1, 0.15) is 54.4 Å². The van der Waals surface area contributed by atoms with Crippen LogP contribution in [0.4, 0.5) is 5.69 Å². The molecule has 1 N–H and O–H groups in total. The van der Waals surface area contributed by atoms with E-state index in [-0.39, 0.29) is 0 Å². The van der Waals surface area contributed by atoms with Crippen LogP contribution in [-0.4, -0.2) is 74.5 Å². The lowest BCUT2D eigenvalue weighted by atomic mass is 10.3. The molecule has 0 aliphatic carbocycles. The molecule has 212 valence electrons. The number of aromatic nitrogens is 1. The number of hydrogen-bond donors (Lipinski definition) is 1. The molecule has 37 heavy (non-hydrogen) atoms. The molecule has 0 atom stereocenters. The van der Waals surface area contributed by atoms with Gasteiger partial charge in [-0.05, 0) is 72.6 Å². The second-order valence-electron chi connectivity index (χ2n) is 8.11. The molecule has 2 rings (SSSR count). The Morgan fingerprint density at radius 2 is 1.27 bits per heavy atom. The molecule has 0 saturated heterocycles. The molecule has 12 heteroatoms. The molecule has 8 nitrogen and oxygen atoms in total. The first-order valence-corrected chi connectivity index (χ1v) is 19.3. The van der Waals surface area contributed by atoms with Gasteiger partial charge in [0.25, 0.3) is 0 Å². The first-order valence-electron chi connectivity index (χ1n) is 13.6. The maximum Gasteiger partial charge on any atom is 0.500 e.